The molecular weight excluding hydrogens is 290 g/mol. The van der Waals surface area contributed by atoms with Crippen LogP contribution in [0.4, 0.5) is 0 Å². The van der Waals surface area contributed by atoms with Gasteiger partial charge in [0.1, 0.15) is 4.88 Å². The first kappa shape index (κ1) is 13.7. The van der Waals surface area contributed by atoms with Gasteiger partial charge in [-0.3, -0.25) is 4.79 Å². The molecule has 0 unspecified atom stereocenters. The number of halogens is 1. The number of aliphatic hydroxyl groups excluding tert-OH is 1. The SMILES string of the molecule is O=C(NCCCCCCO)c1sccc1Br. The van der Waals surface area contributed by atoms with Gasteiger partial charge in [0, 0.05) is 17.6 Å². The van der Waals surface area contributed by atoms with Crippen LogP contribution in [0, 0.1) is 0 Å². The van der Waals surface area contributed by atoms with E-state index in [1.54, 1.807) is 0 Å². The fourth-order valence-electron chi connectivity index (χ4n) is 1.33. The number of carbonyl (C=O) groups is 1. The van der Waals surface area contributed by atoms with Crippen LogP contribution >= 0.6 is 27.3 Å². The number of nitrogens with one attached hydrogen (secondary N) is 1. The summed E-state index contributed by atoms with van der Waals surface area (Å²) in [5.74, 6) is -0.0102. The molecule has 90 valence electrons. The average molecular weight is 306 g/mol. The lowest BCUT2D eigenvalue weighted by Crippen LogP contribution is -2.23. The molecule has 0 atom stereocenters. The molecule has 0 radical (unpaired) electrons. The standard InChI is InChI=1S/C11H16BrNO2S/c12-9-5-8-16-10(9)11(15)13-6-3-1-2-4-7-14/h5,8,14H,1-4,6-7H2,(H,13,15). The summed E-state index contributed by atoms with van der Waals surface area (Å²) in [6.07, 6.45) is 3.89. The van der Waals surface area contributed by atoms with Gasteiger partial charge in [-0.05, 0) is 40.2 Å². The zero-order valence-electron chi connectivity index (χ0n) is 9.04. The van der Waals surface area contributed by atoms with Crippen molar-refractivity contribution in [1.29, 1.82) is 0 Å². The first-order chi connectivity index (χ1) is 7.75. The second kappa shape index (κ2) is 7.81. The number of hydrogen-bond donors (Lipinski definition) is 2. The van der Waals surface area contributed by atoms with Crippen molar-refractivity contribution in [3.63, 3.8) is 0 Å². The molecule has 0 fully saturated rings. The summed E-state index contributed by atoms with van der Waals surface area (Å²) in [6.45, 7) is 0.961. The lowest BCUT2D eigenvalue weighted by atomic mass is 10.2. The Morgan fingerprint density at radius 1 is 1.38 bits per heavy atom. The van der Waals surface area contributed by atoms with Gasteiger partial charge in [0.05, 0.1) is 0 Å². The molecule has 1 aromatic rings. The quantitative estimate of drug-likeness (QED) is 0.761. The molecule has 0 bridgehead atoms. The lowest BCUT2D eigenvalue weighted by Gasteiger charge is -2.03. The largest absolute Gasteiger partial charge is 0.396 e. The van der Waals surface area contributed by atoms with Crippen molar-refractivity contribution < 1.29 is 9.90 Å². The molecule has 1 amide bonds. The van der Waals surface area contributed by atoms with Crippen LogP contribution < -0.4 is 5.32 Å². The van der Waals surface area contributed by atoms with Gasteiger partial charge in [0.25, 0.3) is 5.91 Å². The molecule has 0 aliphatic carbocycles. The van der Waals surface area contributed by atoms with E-state index >= 15 is 0 Å². The Labute approximate surface area is 108 Å². The topological polar surface area (TPSA) is 49.3 Å². The number of rotatable bonds is 7. The van der Waals surface area contributed by atoms with E-state index in [0.717, 1.165) is 35.0 Å². The highest BCUT2D eigenvalue weighted by Gasteiger charge is 2.09. The van der Waals surface area contributed by atoms with Crippen molar-refractivity contribution in [2.24, 2.45) is 0 Å². The number of carbonyl (C=O) groups excluding carboxylic acids is 1. The van der Waals surface area contributed by atoms with Gasteiger partial charge in [-0.25, -0.2) is 0 Å². The predicted molar refractivity (Wildman–Crippen MR) is 69.9 cm³/mol. The average Bonchev–Trinajstić information content (AvgIpc) is 2.69. The molecule has 0 aliphatic rings. The van der Waals surface area contributed by atoms with Crippen molar-refractivity contribution in [3.05, 3.63) is 20.8 Å². The molecule has 1 rings (SSSR count). The molecule has 0 saturated carbocycles. The minimum Gasteiger partial charge on any atom is -0.396 e. The van der Waals surface area contributed by atoms with Gasteiger partial charge in [-0.15, -0.1) is 11.3 Å². The Morgan fingerprint density at radius 3 is 2.75 bits per heavy atom. The van der Waals surface area contributed by atoms with Crippen LogP contribution in [-0.2, 0) is 0 Å². The van der Waals surface area contributed by atoms with E-state index in [-0.39, 0.29) is 12.5 Å². The Bertz CT molecular complexity index is 328. The van der Waals surface area contributed by atoms with Crippen LogP contribution in [0.15, 0.2) is 15.9 Å². The van der Waals surface area contributed by atoms with E-state index in [0.29, 0.717) is 6.54 Å². The van der Waals surface area contributed by atoms with E-state index in [9.17, 15) is 4.79 Å². The maximum absolute atomic E-state index is 11.6. The molecule has 0 spiro atoms. The molecule has 1 aromatic heterocycles. The first-order valence-electron chi connectivity index (χ1n) is 5.37. The zero-order chi connectivity index (χ0) is 11.8. The number of hydrogen-bond acceptors (Lipinski definition) is 3. The van der Waals surface area contributed by atoms with Crippen molar-refractivity contribution >= 4 is 33.2 Å². The minimum absolute atomic E-state index is 0.0102. The number of amides is 1. The Kier molecular flexibility index (Phi) is 6.68. The Hall–Kier alpha value is -0.390. The number of aliphatic hydroxyl groups is 1. The molecule has 0 aromatic carbocycles. The Morgan fingerprint density at radius 2 is 2.12 bits per heavy atom. The number of unbranched alkanes of at least 4 members (excludes halogenated alkanes) is 3. The van der Waals surface area contributed by atoms with E-state index in [2.05, 4.69) is 21.2 Å². The molecule has 5 heteroatoms. The molecule has 16 heavy (non-hydrogen) atoms. The van der Waals surface area contributed by atoms with Crippen LogP contribution in [0.2, 0.25) is 0 Å². The predicted octanol–water partition coefficient (Wildman–Crippen LogP) is 2.79. The maximum atomic E-state index is 11.6. The van der Waals surface area contributed by atoms with Crippen molar-refractivity contribution in [1.82, 2.24) is 5.32 Å². The van der Waals surface area contributed by atoms with Crippen LogP contribution in [0.5, 0.6) is 0 Å². The highest BCUT2D eigenvalue weighted by molar-refractivity contribution is 9.10. The molecule has 0 saturated heterocycles. The van der Waals surface area contributed by atoms with Crippen LogP contribution in [0.25, 0.3) is 0 Å². The second-order valence-corrected chi connectivity index (χ2v) is 5.26. The highest BCUT2D eigenvalue weighted by atomic mass is 79.9. The van der Waals surface area contributed by atoms with Gasteiger partial charge >= 0.3 is 0 Å². The third-order valence-electron chi connectivity index (χ3n) is 2.19. The first-order valence-corrected chi connectivity index (χ1v) is 7.05. The van der Waals surface area contributed by atoms with Crippen LogP contribution in [0.1, 0.15) is 35.4 Å². The third-order valence-corrected chi connectivity index (χ3v) is 4.03. The van der Waals surface area contributed by atoms with E-state index in [1.807, 2.05) is 11.4 Å². The molecule has 3 nitrogen and oxygen atoms in total. The van der Waals surface area contributed by atoms with Gasteiger partial charge in [-0.2, -0.15) is 0 Å². The minimum atomic E-state index is -0.0102. The zero-order valence-corrected chi connectivity index (χ0v) is 11.4. The fraction of sp³-hybridized carbons (Fsp3) is 0.545. The summed E-state index contributed by atoms with van der Waals surface area (Å²) in [5.41, 5.74) is 0. The van der Waals surface area contributed by atoms with E-state index in [1.165, 1.54) is 11.3 Å². The summed E-state index contributed by atoms with van der Waals surface area (Å²) in [7, 11) is 0. The summed E-state index contributed by atoms with van der Waals surface area (Å²) in [4.78, 5) is 12.4. The highest BCUT2D eigenvalue weighted by Crippen LogP contribution is 2.22. The monoisotopic (exact) mass is 305 g/mol. The second-order valence-electron chi connectivity index (χ2n) is 3.49. The van der Waals surface area contributed by atoms with Gasteiger partial charge < -0.3 is 10.4 Å². The summed E-state index contributed by atoms with van der Waals surface area (Å²) >= 11 is 4.77. The van der Waals surface area contributed by atoms with Crippen LogP contribution in [-0.4, -0.2) is 24.2 Å². The van der Waals surface area contributed by atoms with Gasteiger partial charge in [-0.1, -0.05) is 12.8 Å². The summed E-state index contributed by atoms with van der Waals surface area (Å²) < 4.78 is 0.857. The smallest absolute Gasteiger partial charge is 0.262 e. The fourth-order valence-corrected chi connectivity index (χ4v) is 2.80. The molecular formula is C11H16BrNO2S. The summed E-state index contributed by atoms with van der Waals surface area (Å²) in [5, 5.41) is 13.4. The Balaban J connectivity index is 2.14. The molecule has 2 N–H and O–H groups in total. The van der Waals surface area contributed by atoms with Crippen molar-refractivity contribution in [2.45, 2.75) is 25.7 Å². The van der Waals surface area contributed by atoms with Gasteiger partial charge in [0.2, 0.25) is 0 Å². The maximum Gasteiger partial charge on any atom is 0.262 e. The molecule has 1 heterocycles. The number of thiophene rings is 1. The van der Waals surface area contributed by atoms with Gasteiger partial charge in [0.15, 0.2) is 0 Å². The van der Waals surface area contributed by atoms with Crippen LogP contribution in [0.3, 0.4) is 0 Å². The third kappa shape index (κ3) is 4.63. The van der Waals surface area contributed by atoms with E-state index < -0.39 is 0 Å². The summed E-state index contributed by atoms with van der Waals surface area (Å²) in [6, 6.07) is 1.88. The lowest BCUT2D eigenvalue weighted by molar-refractivity contribution is 0.0956. The molecule has 0 aliphatic heterocycles. The van der Waals surface area contributed by atoms with E-state index in [4.69, 9.17) is 5.11 Å². The van der Waals surface area contributed by atoms with Crippen molar-refractivity contribution in [2.75, 3.05) is 13.2 Å². The van der Waals surface area contributed by atoms with Crippen molar-refractivity contribution in [3.8, 4) is 0 Å². The normalized spacial score (nSPS) is 10.4.